The number of ether oxygens (including phenoxy) is 3. The van der Waals surface area contributed by atoms with Crippen molar-refractivity contribution in [3.05, 3.63) is 0 Å². The molecule has 1 N–H and O–H groups in total. The zero-order valence-electron chi connectivity index (χ0n) is 9.52. The van der Waals surface area contributed by atoms with E-state index in [2.05, 4.69) is 14.8 Å². The van der Waals surface area contributed by atoms with Gasteiger partial charge in [0.25, 0.3) is 0 Å². The first-order valence-corrected chi connectivity index (χ1v) is 5.17. The minimum absolute atomic E-state index is 0.156. The van der Waals surface area contributed by atoms with Gasteiger partial charge in [-0.3, -0.25) is 9.59 Å². The second-order valence-corrected chi connectivity index (χ2v) is 3.53. The lowest BCUT2D eigenvalue weighted by atomic mass is 10.0. The fraction of sp³-hybridized carbons (Fsp3) is 0.800. The van der Waals surface area contributed by atoms with Gasteiger partial charge >= 0.3 is 11.9 Å². The first kappa shape index (κ1) is 12.9. The molecule has 0 spiro atoms. The third-order valence-corrected chi connectivity index (χ3v) is 2.47. The van der Waals surface area contributed by atoms with Crippen molar-refractivity contribution in [3.63, 3.8) is 0 Å². The first-order chi connectivity index (χ1) is 7.69. The molecule has 0 radical (unpaired) electrons. The minimum Gasteiger partial charge on any atom is -0.468 e. The van der Waals surface area contributed by atoms with E-state index in [4.69, 9.17) is 4.74 Å². The molecule has 0 bridgehead atoms. The molecular weight excluding hydrogens is 214 g/mol. The van der Waals surface area contributed by atoms with Crippen LogP contribution in [0.1, 0.15) is 6.42 Å². The zero-order chi connectivity index (χ0) is 12.0. The van der Waals surface area contributed by atoms with Gasteiger partial charge in [0, 0.05) is 13.1 Å². The number of esters is 2. The number of rotatable bonds is 4. The summed E-state index contributed by atoms with van der Waals surface area (Å²) in [5, 5.41) is 3.12. The van der Waals surface area contributed by atoms with Crippen LogP contribution in [0.5, 0.6) is 0 Å². The van der Waals surface area contributed by atoms with Crippen LogP contribution in [0.25, 0.3) is 0 Å². The van der Waals surface area contributed by atoms with Crippen molar-refractivity contribution in [1.82, 2.24) is 5.32 Å². The van der Waals surface area contributed by atoms with Gasteiger partial charge in [0.1, 0.15) is 0 Å². The third-order valence-electron chi connectivity index (χ3n) is 2.47. The number of morpholine rings is 1. The molecule has 1 aliphatic rings. The van der Waals surface area contributed by atoms with Crippen molar-refractivity contribution >= 4 is 11.9 Å². The number of carbonyl (C=O) groups is 2. The van der Waals surface area contributed by atoms with E-state index in [1.165, 1.54) is 14.2 Å². The Labute approximate surface area is 94.2 Å². The molecule has 1 atom stereocenters. The maximum Gasteiger partial charge on any atom is 0.320 e. The summed E-state index contributed by atoms with van der Waals surface area (Å²) in [5.41, 5.74) is 0. The van der Waals surface area contributed by atoms with Gasteiger partial charge in [-0.15, -0.1) is 0 Å². The van der Waals surface area contributed by atoms with Gasteiger partial charge in [-0.05, 0) is 6.42 Å². The average Bonchev–Trinajstić information content (AvgIpc) is 2.35. The van der Waals surface area contributed by atoms with Crippen molar-refractivity contribution in [2.75, 3.05) is 33.9 Å². The van der Waals surface area contributed by atoms with Crippen LogP contribution in [0.2, 0.25) is 0 Å². The Morgan fingerprint density at radius 3 is 2.44 bits per heavy atom. The van der Waals surface area contributed by atoms with E-state index in [0.717, 1.165) is 6.54 Å². The van der Waals surface area contributed by atoms with Gasteiger partial charge in [0.05, 0.1) is 26.9 Å². The number of methoxy groups -OCH3 is 2. The van der Waals surface area contributed by atoms with Gasteiger partial charge in [-0.25, -0.2) is 0 Å². The van der Waals surface area contributed by atoms with E-state index >= 15 is 0 Å². The lowest BCUT2D eigenvalue weighted by Crippen LogP contribution is -2.42. The summed E-state index contributed by atoms with van der Waals surface area (Å²) in [7, 11) is 2.50. The molecule has 0 aliphatic carbocycles. The minimum atomic E-state index is -0.903. The molecule has 1 heterocycles. The van der Waals surface area contributed by atoms with E-state index in [9.17, 15) is 9.59 Å². The molecule has 6 heteroatoms. The highest BCUT2D eigenvalue weighted by molar-refractivity contribution is 5.94. The molecule has 0 aromatic heterocycles. The Balaban J connectivity index is 2.54. The van der Waals surface area contributed by atoms with E-state index in [1.54, 1.807) is 0 Å². The molecule has 6 nitrogen and oxygen atoms in total. The van der Waals surface area contributed by atoms with E-state index in [0.29, 0.717) is 13.2 Å². The Kier molecular flexibility index (Phi) is 5.21. The number of carbonyl (C=O) groups excluding carboxylic acids is 2. The molecular formula is C10H17NO5. The van der Waals surface area contributed by atoms with Crippen molar-refractivity contribution < 1.29 is 23.8 Å². The summed E-state index contributed by atoms with van der Waals surface area (Å²) in [4.78, 5) is 22.8. The molecule has 1 aliphatic heterocycles. The van der Waals surface area contributed by atoms with Gasteiger partial charge < -0.3 is 19.5 Å². The molecule has 0 aromatic carbocycles. The second-order valence-electron chi connectivity index (χ2n) is 3.53. The first-order valence-electron chi connectivity index (χ1n) is 5.17. The van der Waals surface area contributed by atoms with Crippen LogP contribution in [-0.2, 0) is 23.8 Å². The third kappa shape index (κ3) is 3.46. The highest BCUT2D eigenvalue weighted by atomic mass is 16.5. The van der Waals surface area contributed by atoms with Crippen LogP contribution >= 0.6 is 0 Å². The SMILES string of the molecule is COC(=O)C(CC1CNCCO1)C(=O)OC. The van der Waals surface area contributed by atoms with Gasteiger partial charge in [0.15, 0.2) is 5.92 Å². The molecule has 1 fully saturated rings. The Hall–Kier alpha value is -1.14. The maximum absolute atomic E-state index is 11.4. The highest BCUT2D eigenvalue weighted by Gasteiger charge is 2.32. The zero-order valence-corrected chi connectivity index (χ0v) is 9.52. The van der Waals surface area contributed by atoms with Crippen molar-refractivity contribution in [3.8, 4) is 0 Å². The van der Waals surface area contributed by atoms with Crippen molar-refractivity contribution in [2.24, 2.45) is 5.92 Å². The van der Waals surface area contributed by atoms with Crippen LogP contribution in [0.15, 0.2) is 0 Å². The highest BCUT2D eigenvalue weighted by Crippen LogP contribution is 2.14. The topological polar surface area (TPSA) is 73.9 Å². The van der Waals surface area contributed by atoms with Crippen LogP contribution in [-0.4, -0.2) is 52.0 Å². The van der Waals surface area contributed by atoms with E-state index in [-0.39, 0.29) is 12.5 Å². The molecule has 0 aromatic rings. The Morgan fingerprint density at radius 2 is 2.00 bits per heavy atom. The molecule has 0 saturated carbocycles. The predicted molar refractivity (Wildman–Crippen MR) is 54.7 cm³/mol. The maximum atomic E-state index is 11.4. The fourth-order valence-electron chi connectivity index (χ4n) is 1.61. The summed E-state index contributed by atoms with van der Waals surface area (Å²) in [6.07, 6.45) is 0.128. The second kappa shape index (κ2) is 6.44. The number of hydrogen-bond donors (Lipinski definition) is 1. The van der Waals surface area contributed by atoms with Gasteiger partial charge in [-0.1, -0.05) is 0 Å². The van der Waals surface area contributed by atoms with Crippen LogP contribution in [0.3, 0.4) is 0 Å². The molecule has 0 amide bonds. The summed E-state index contributed by atoms with van der Waals surface area (Å²) in [6.45, 7) is 2.00. The summed E-state index contributed by atoms with van der Waals surface area (Å²) < 4.78 is 14.5. The van der Waals surface area contributed by atoms with Gasteiger partial charge in [0.2, 0.25) is 0 Å². The Bertz CT molecular complexity index is 234. The summed E-state index contributed by atoms with van der Waals surface area (Å²) in [5.74, 6) is -2.07. The standard InChI is InChI=1S/C10H17NO5/c1-14-9(12)8(10(13)15-2)5-7-6-11-3-4-16-7/h7-8,11H,3-6H2,1-2H3. The monoisotopic (exact) mass is 231 g/mol. The fourth-order valence-corrected chi connectivity index (χ4v) is 1.61. The number of nitrogens with one attached hydrogen (secondary N) is 1. The van der Waals surface area contributed by atoms with Crippen LogP contribution in [0, 0.1) is 5.92 Å². The van der Waals surface area contributed by atoms with E-state index < -0.39 is 17.9 Å². The molecule has 1 saturated heterocycles. The summed E-state index contributed by atoms with van der Waals surface area (Å²) >= 11 is 0. The predicted octanol–water partition coefficient (Wildman–Crippen LogP) is -0.673. The largest absolute Gasteiger partial charge is 0.468 e. The average molecular weight is 231 g/mol. The lowest BCUT2D eigenvalue weighted by molar-refractivity contribution is -0.161. The molecule has 1 rings (SSSR count). The number of hydrogen-bond acceptors (Lipinski definition) is 6. The summed E-state index contributed by atoms with van der Waals surface area (Å²) in [6, 6.07) is 0. The lowest BCUT2D eigenvalue weighted by Gasteiger charge is -2.25. The quantitative estimate of drug-likeness (QED) is 0.511. The smallest absolute Gasteiger partial charge is 0.320 e. The molecule has 16 heavy (non-hydrogen) atoms. The molecule has 1 unspecified atom stereocenters. The van der Waals surface area contributed by atoms with Gasteiger partial charge in [-0.2, -0.15) is 0 Å². The van der Waals surface area contributed by atoms with Crippen molar-refractivity contribution in [1.29, 1.82) is 0 Å². The van der Waals surface area contributed by atoms with Crippen LogP contribution < -0.4 is 5.32 Å². The molecule has 92 valence electrons. The van der Waals surface area contributed by atoms with E-state index in [1.807, 2.05) is 0 Å². The van der Waals surface area contributed by atoms with Crippen molar-refractivity contribution in [2.45, 2.75) is 12.5 Å². The van der Waals surface area contributed by atoms with Crippen LogP contribution in [0.4, 0.5) is 0 Å². The normalized spacial score (nSPS) is 20.6. The Morgan fingerprint density at radius 1 is 1.38 bits per heavy atom.